The monoisotopic (exact) mass is 233 g/mol. The van der Waals surface area contributed by atoms with E-state index in [0.29, 0.717) is 16.9 Å². The molecule has 0 saturated heterocycles. The predicted molar refractivity (Wildman–Crippen MR) is 63.3 cm³/mol. The fourth-order valence-corrected chi connectivity index (χ4v) is 2.13. The van der Waals surface area contributed by atoms with Gasteiger partial charge in [-0.2, -0.15) is 0 Å². The highest BCUT2D eigenvalue weighted by Gasteiger charge is 2.14. The summed E-state index contributed by atoms with van der Waals surface area (Å²) < 4.78 is 5.11. The fourth-order valence-electron chi connectivity index (χ4n) is 1.45. The van der Waals surface area contributed by atoms with Gasteiger partial charge in [-0.1, -0.05) is 0 Å². The van der Waals surface area contributed by atoms with Crippen LogP contribution in [-0.4, -0.2) is 17.9 Å². The van der Waals surface area contributed by atoms with Gasteiger partial charge in [0.05, 0.1) is 18.9 Å². The molecular weight excluding hydrogens is 222 g/mol. The minimum absolute atomic E-state index is 0.0244. The molecule has 0 saturated carbocycles. The second-order valence-electron chi connectivity index (χ2n) is 3.35. The standard InChI is InChI=1S/C12H11NO2S/c1-8-5-9(7-16-8)12(14)10-3-4-13-6-11(10)15-2/h3-7H,1-2H3. The van der Waals surface area contributed by atoms with Gasteiger partial charge >= 0.3 is 0 Å². The minimum Gasteiger partial charge on any atom is -0.494 e. The highest BCUT2D eigenvalue weighted by molar-refractivity contribution is 7.10. The number of methoxy groups -OCH3 is 1. The molecule has 16 heavy (non-hydrogen) atoms. The predicted octanol–water partition coefficient (Wildman–Crippen LogP) is 2.69. The number of rotatable bonds is 3. The van der Waals surface area contributed by atoms with Crippen LogP contribution in [0.3, 0.4) is 0 Å². The Kier molecular flexibility index (Phi) is 3.01. The zero-order valence-electron chi connectivity index (χ0n) is 9.06. The highest BCUT2D eigenvalue weighted by Crippen LogP contribution is 2.22. The Morgan fingerprint density at radius 3 is 2.94 bits per heavy atom. The molecule has 0 unspecified atom stereocenters. The van der Waals surface area contributed by atoms with Crippen LogP contribution in [0.4, 0.5) is 0 Å². The van der Waals surface area contributed by atoms with Crippen molar-refractivity contribution in [2.75, 3.05) is 7.11 Å². The molecule has 0 atom stereocenters. The number of ketones is 1. The Bertz CT molecular complexity index is 519. The average molecular weight is 233 g/mol. The molecule has 2 aromatic heterocycles. The second kappa shape index (κ2) is 4.45. The van der Waals surface area contributed by atoms with Gasteiger partial charge in [-0.05, 0) is 19.1 Å². The van der Waals surface area contributed by atoms with Gasteiger partial charge in [-0.15, -0.1) is 11.3 Å². The van der Waals surface area contributed by atoms with Gasteiger partial charge in [0.25, 0.3) is 0 Å². The summed E-state index contributed by atoms with van der Waals surface area (Å²) in [6.07, 6.45) is 3.14. The molecule has 0 radical (unpaired) electrons. The lowest BCUT2D eigenvalue weighted by molar-refractivity contribution is 0.103. The van der Waals surface area contributed by atoms with Gasteiger partial charge < -0.3 is 4.74 Å². The van der Waals surface area contributed by atoms with Crippen LogP contribution < -0.4 is 4.74 Å². The summed E-state index contributed by atoms with van der Waals surface area (Å²) in [6, 6.07) is 3.56. The molecule has 3 nitrogen and oxygen atoms in total. The van der Waals surface area contributed by atoms with E-state index in [9.17, 15) is 4.79 Å². The Balaban J connectivity index is 2.41. The van der Waals surface area contributed by atoms with Crippen LogP contribution in [0.5, 0.6) is 5.75 Å². The van der Waals surface area contributed by atoms with E-state index in [1.165, 1.54) is 7.11 Å². The number of aryl methyl sites for hydroxylation is 1. The number of aromatic nitrogens is 1. The highest BCUT2D eigenvalue weighted by atomic mass is 32.1. The number of nitrogens with zero attached hydrogens (tertiary/aromatic N) is 1. The molecule has 82 valence electrons. The van der Waals surface area contributed by atoms with Crippen molar-refractivity contribution in [1.82, 2.24) is 4.98 Å². The summed E-state index contributed by atoms with van der Waals surface area (Å²) >= 11 is 1.56. The second-order valence-corrected chi connectivity index (χ2v) is 4.47. The number of thiophene rings is 1. The van der Waals surface area contributed by atoms with E-state index in [0.717, 1.165) is 4.88 Å². The molecule has 2 aromatic rings. The van der Waals surface area contributed by atoms with Gasteiger partial charge in [-0.3, -0.25) is 9.78 Å². The van der Waals surface area contributed by atoms with E-state index in [4.69, 9.17) is 4.74 Å². The molecule has 0 amide bonds. The summed E-state index contributed by atoms with van der Waals surface area (Å²) in [5.74, 6) is 0.486. The van der Waals surface area contributed by atoms with Gasteiger partial charge in [0.2, 0.25) is 0 Å². The van der Waals surface area contributed by atoms with Crippen molar-refractivity contribution in [2.24, 2.45) is 0 Å². The molecule has 0 aromatic carbocycles. The molecule has 0 aliphatic heterocycles. The molecule has 0 bridgehead atoms. The van der Waals surface area contributed by atoms with Crippen LogP contribution in [0.15, 0.2) is 29.9 Å². The zero-order chi connectivity index (χ0) is 11.5. The van der Waals surface area contributed by atoms with E-state index in [-0.39, 0.29) is 5.78 Å². The van der Waals surface area contributed by atoms with Crippen molar-refractivity contribution in [1.29, 1.82) is 0 Å². The van der Waals surface area contributed by atoms with Crippen LogP contribution in [-0.2, 0) is 0 Å². The Morgan fingerprint density at radius 1 is 1.50 bits per heavy atom. The number of hydrogen-bond donors (Lipinski definition) is 0. The normalized spacial score (nSPS) is 10.1. The number of carbonyl (C=O) groups is 1. The third kappa shape index (κ3) is 1.97. The Hall–Kier alpha value is -1.68. The van der Waals surface area contributed by atoms with Crippen molar-refractivity contribution in [3.8, 4) is 5.75 Å². The number of hydrogen-bond acceptors (Lipinski definition) is 4. The Morgan fingerprint density at radius 2 is 2.31 bits per heavy atom. The van der Waals surface area contributed by atoms with Gasteiger partial charge in [0.1, 0.15) is 5.75 Å². The molecule has 0 spiro atoms. The maximum Gasteiger partial charge on any atom is 0.197 e. The largest absolute Gasteiger partial charge is 0.494 e. The lowest BCUT2D eigenvalue weighted by atomic mass is 10.1. The first kappa shape index (κ1) is 10.8. The summed E-state index contributed by atoms with van der Waals surface area (Å²) in [4.78, 5) is 17.2. The third-order valence-corrected chi connectivity index (χ3v) is 3.10. The van der Waals surface area contributed by atoms with Gasteiger partial charge in [0, 0.05) is 22.0 Å². The maximum atomic E-state index is 12.1. The quantitative estimate of drug-likeness (QED) is 0.765. The summed E-state index contributed by atoms with van der Waals surface area (Å²) in [6.45, 7) is 1.98. The van der Waals surface area contributed by atoms with Crippen molar-refractivity contribution >= 4 is 17.1 Å². The molecule has 0 aliphatic rings. The topological polar surface area (TPSA) is 39.2 Å². The van der Waals surface area contributed by atoms with Crippen LogP contribution >= 0.6 is 11.3 Å². The Labute approximate surface area is 97.7 Å². The van der Waals surface area contributed by atoms with Crippen LogP contribution in [0, 0.1) is 6.92 Å². The smallest absolute Gasteiger partial charge is 0.197 e. The number of ether oxygens (including phenoxy) is 1. The van der Waals surface area contributed by atoms with Crippen LogP contribution in [0.25, 0.3) is 0 Å². The van der Waals surface area contributed by atoms with E-state index in [1.54, 1.807) is 29.8 Å². The average Bonchev–Trinajstić information content (AvgIpc) is 2.75. The van der Waals surface area contributed by atoms with E-state index in [1.807, 2.05) is 18.4 Å². The molecule has 0 aliphatic carbocycles. The van der Waals surface area contributed by atoms with Crippen molar-refractivity contribution in [3.63, 3.8) is 0 Å². The first-order valence-electron chi connectivity index (χ1n) is 4.80. The SMILES string of the molecule is COc1cnccc1C(=O)c1csc(C)c1. The fraction of sp³-hybridized carbons (Fsp3) is 0.167. The van der Waals surface area contributed by atoms with Gasteiger partial charge in [0.15, 0.2) is 5.78 Å². The zero-order valence-corrected chi connectivity index (χ0v) is 9.88. The molecule has 4 heteroatoms. The first-order valence-corrected chi connectivity index (χ1v) is 5.68. The number of pyridine rings is 1. The minimum atomic E-state index is -0.0244. The lowest BCUT2D eigenvalue weighted by Crippen LogP contribution is -2.02. The summed E-state index contributed by atoms with van der Waals surface area (Å²) in [5.41, 5.74) is 1.25. The summed E-state index contributed by atoms with van der Waals surface area (Å²) in [7, 11) is 1.53. The number of carbonyl (C=O) groups excluding carboxylic acids is 1. The third-order valence-electron chi connectivity index (χ3n) is 2.24. The molecule has 0 N–H and O–H groups in total. The van der Waals surface area contributed by atoms with E-state index in [2.05, 4.69) is 4.98 Å². The lowest BCUT2D eigenvalue weighted by Gasteiger charge is -2.04. The molecule has 0 fully saturated rings. The molecule has 2 rings (SSSR count). The van der Waals surface area contributed by atoms with E-state index >= 15 is 0 Å². The van der Waals surface area contributed by atoms with Crippen LogP contribution in [0.1, 0.15) is 20.8 Å². The van der Waals surface area contributed by atoms with Crippen molar-refractivity contribution in [2.45, 2.75) is 6.92 Å². The van der Waals surface area contributed by atoms with Crippen molar-refractivity contribution in [3.05, 3.63) is 45.9 Å². The molecule has 2 heterocycles. The van der Waals surface area contributed by atoms with Crippen LogP contribution in [0.2, 0.25) is 0 Å². The maximum absolute atomic E-state index is 12.1. The van der Waals surface area contributed by atoms with Crippen molar-refractivity contribution < 1.29 is 9.53 Å². The summed E-state index contributed by atoms with van der Waals surface area (Å²) in [5, 5.41) is 1.86. The first-order chi connectivity index (χ1) is 7.72. The van der Waals surface area contributed by atoms with Gasteiger partial charge in [-0.25, -0.2) is 0 Å². The molecular formula is C12H11NO2S. The van der Waals surface area contributed by atoms with E-state index < -0.39 is 0 Å².